The molecular weight excluding hydrogens is 364 g/mol. The molecule has 1 N–H and O–H groups in total. The molecule has 2 aromatic heterocycles. The summed E-state index contributed by atoms with van der Waals surface area (Å²) in [5.41, 5.74) is 4.67. The molecule has 4 nitrogen and oxygen atoms in total. The fourth-order valence-corrected chi connectivity index (χ4v) is 4.28. The largest absolute Gasteiger partial charge is 0.352 e. The molecule has 1 aromatic carbocycles. The minimum absolute atomic E-state index is 0.0315. The number of thiocarbonyl (C=S) groups is 1. The molecule has 2 unspecified atom stereocenters. The van der Waals surface area contributed by atoms with Crippen LogP contribution in [0.1, 0.15) is 48.8 Å². The fourth-order valence-electron chi connectivity index (χ4n) is 3.94. The number of pyridine rings is 1. The van der Waals surface area contributed by atoms with E-state index in [0.29, 0.717) is 0 Å². The molecule has 1 fully saturated rings. The number of aromatic nitrogens is 2. The molecule has 1 aliphatic heterocycles. The highest BCUT2D eigenvalue weighted by atomic mass is 32.1. The van der Waals surface area contributed by atoms with Crippen LogP contribution in [-0.2, 0) is 0 Å². The van der Waals surface area contributed by atoms with Crippen molar-refractivity contribution < 1.29 is 0 Å². The molecule has 0 radical (unpaired) electrons. The van der Waals surface area contributed by atoms with E-state index in [1.807, 2.05) is 18.3 Å². The molecule has 4 rings (SSSR count). The van der Waals surface area contributed by atoms with Crippen LogP contribution in [0.25, 0.3) is 5.69 Å². The van der Waals surface area contributed by atoms with E-state index >= 15 is 0 Å². The van der Waals surface area contributed by atoms with Gasteiger partial charge in [-0.2, -0.15) is 0 Å². The normalized spacial score (nSPS) is 19.1. The van der Waals surface area contributed by atoms with Crippen LogP contribution in [0.2, 0.25) is 0 Å². The average Bonchev–Trinajstić information content (AvgIpc) is 3.31. The van der Waals surface area contributed by atoms with Gasteiger partial charge in [-0.1, -0.05) is 31.5 Å². The van der Waals surface area contributed by atoms with Crippen molar-refractivity contribution in [1.29, 1.82) is 0 Å². The first-order valence-corrected chi connectivity index (χ1v) is 10.3. The number of unbranched alkanes of at least 4 members (excludes halogenated alkanes) is 1. The lowest BCUT2D eigenvalue weighted by atomic mass is 10.0. The van der Waals surface area contributed by atoms with E-state index in [1.54, 1.807) is 0 Å². The van der Waals surface area contributed by atoms with E-state index in [9.17, 15) is 0 Å². The van der Waals surface area contributed by atoms with Crippen molar-refractivity contribution in [2.45, 2.75) is 38.8 Å². The highest BCUT2D eigenvalue weighted by Crippen LogP contribution is 2.39. The molecule has 144 valence electrons. The molecule has 1 aliphatic rings. The van der Waals surface area contributed by atoms with Crippen LogP contribution in [0, 0.1) is 6.92 Å². The van der Waals surface area contributed by atoms with Crippen LogP contribution in [0.3, 0.4) is 0 Å². The predicted octanol–water partition coefficient (Wildman–Crippen LogP) is 4.95. The number of hydrogen-bond acceptors (Lipinski definition) is 2. The summed E-state index contributed by atoms with van der Waals surface area (Å²) in [6.07, 6.45) is 6.24. The molecule has 5 heteroatoms. The van der Waals surface area contributed by atoms with Crippen LogP contribution < -0.4 is 5.32 Å². The number of nitrogens with one attached hydrogen (secondary N) is 1. The number of benzene rings is 1. The lowest BCUT2D eigenvalue weighted by molar-refractivity contribution is 0.304. The smallest absolute Gasteiger partial charge is 0.170 e. The Balaban J connectivity index is 1.79. The minimum atomic E-state index is 0.0315. The summed E-state index contributed by atoms with van der Waals surface area (Å²) >= 11 is 5.74. The van der Waals surface area contributed by atoms with Crippen LogP contribution in [0.4, 0.5) is 0 Å². The van der Waals surface area contributed by atoms with Gasteiger partial charge in [-0.3, -0.25) is 4.98 Å². The van der Waals surface area contributed by atoms with Crippen LogP contribution in [-0.4, -0.2) is 26.1 Å². The number of rotatable bonds is 6. The van der Waals surface area contributed by atoms with E-state index < -0.39 is 0 Å². The number of hydrogen-bond donors (Lipinski definition) is 1. The molecule has 2 atom stereocenters. The second kappa shape index (κ2) is 8.15. The second-order valence-electron chi connectivity index (χ2n) is 7.32. The summed E-state index contributed by atoms with van der Waals surface area (Å²) in [6, 6.07) is 19.1. The standard InChI is InChI=1S/C23H26N4S/c1-3-4-14-27-22(21(25-23(27)28)19-11-5-6-13-24-19)20-12-8-15-26(20)18-10-7-9-17(2)16-18/h5-13,15-16,21-22H,3-4,14H2,1-2H3,(H,25,28). The topological polar surface area (TPSA) is 33.1 Å². The molecular formula is C23H26N4S. The maximum Gasteiger partial charge on any atom is 0.170 e. The maximum atomic E-state index is 5.74. The van der Waals surface area contributed by atoms with E-state index in [2.05, 4.69) is 82.3 Å². The van der Waals surface area contributed by atoms with Crippen molar-refractivity contribution in [2.75, 3.05) is 6.54 Å². The van der Waals surface area contributed by atoms with E-state index in [1.165, 1.54) is 16.9 Å². The van der Waals surface area contributed by atoms with Crippen LogP contribution >= 0.6 is 12.2 Å². The summed E-state index contributed by atoms with van der Waals surface area (Å²) in [6.45, 7) is 5.28. The molecule has 28 heavy (non-hydrogen) atoms. The Morgan fingerprint density at radius 3 is 2.75 bits per heavy atom. The zero-order valence-electron chi connectivity index (χ0n) is 16.4. The second-order valence-corrected chi connectivity index (χ2v) is 7.70. The lowest BCUT2D eigenvalue weighted by Gasteiger charge is -2.29. The highest BCUT2D eigenvalue weighted by Gasteiger charge is 2.40. The molecule has 3 aromatic rings. The van der Waals surface area contributed by atoms with Crippen molar-refractivity contribution >= 4 is 17.3 Å². The number of nitrogens with zero attached hydrogens (tertiary/aromatic N) is 3. The van der Waals surface area contributed by atoms with Crippen LogP contribution in [0.5, 0.6) is 0 Å². The third-order valence-corrected chi connectivity index (χ3v) is 5.67. The van der Waals surface area contributed by atoms with Gasteiger partial charge in [-0.25, -0.2) is 0 Å². The van der Waals surface area contributed by atoms with Gasteiger partial charge in [-0.05, 0) is 67.5 Å². The molecule has 3 heterocycles. The Morgan fingerprint density at radius 2 is 2.00 bits per heavy atom. The summed E-state index contributed by atoms with van der Waals surface area (Å²) in [5, 5.41) is 4.35. The van der Waals surface area contributed by atoms with Gasteiger partial charge in [0.1, 0.15) is 0 Å². The Bertz CT molecular complexity index is 950. The molecule has 0 bridgehead atoms. The van der Waals surface area contributed by atoms with Gasteiger partial charge in [0.05, 0.1) is 17.8 Å². The predicted molar refractivity (Wildman–Crippen MR) is 118 cm³/mol. The first kappa shape index (κ1) is 18.7. The van der Waals surface area contributed by atoms with Gasteiger partial charge in [0.2, 0.25) is 0 Å². The molecule has 0 aliphatic carbocycles. The van der Waals surface area contributed by atoms with Crippen molar-refractivity contribution in [3.63, 3.8) is 0 Å². The quantitative estimate of drug-likeness (QED) is 0.604. The van der Waals surface area contributed by atoms with Gasteiger partial charge >= 0.3 is 0 Å². The minimum Gasteiger partial charge on any atom is -0.352 e. The van der Waals surface area contributed by atoms with E-state index in [-0.39, 0.29) is 12.1 Å². The van der Waals surface area contributed by atoms with E-state index in [4.69, 9.17) is 12.2 Å². The van der Waals surface area contributed by atoms with Crippen molar-refractivity contribution in [3.8, 4) is 5.69 Å². The van der Waals surface area contributed by atoms with Gasteiger partial charge in [0, 0.05) is 30.3 Å². The van der Waals surface area contributed by atoms with Crippen molar-refractivity contribution in [1.82, 2.24) is 19.8 Å². The molecule has 0 spiro atoms. The molecule has 0 saturated carbocycles. The summed E-state index contributed by atoms with van der Waals surface area (Å²) in [4.78, 5) is 6.96. The van der Waals surface area contributed by atoms with Gasteiger partial charge < -0.3 is 14.8 Å². The summed E-state index contributed by atoms with van der Waals surface area (Å²) < 4.78 is 2.28. The fraction of sp³-hybridized carbons (Fsp3) is 0.304. The highest BCUT2D eigenvalue weighted by molar-refractivity contribution is 7.80. The van der Waals surface area contributed by atoms with Gasteiger partial charge in [0.25, 0.3) is 0 Å². The Kier molecular flexibility index (Phi) is 5.44. The first-order chi connectivity index (χ1) is 13.7. The Hall–Kier alpha value is -2.66. The average molecular weight is 391 g/mol. The summed E-state index contributed by atoms with van der Waals surface area (Å²) in [7, 11) is 0. The monoisotopic (exact) mass is 390 g/mol. The zero-order chi connectivity index (χ0) is 19.5. The third kappa shape index (κ3) is 3.54. The van der Waals surface area contributed by atoms with Gasteiger partial charge in [-0.15, -0.1) is 0 Å². The summed E-state index contributed by atoms with van der Waals surface area (Å²) in [5.74, 6) is 0. The third-order valence-electron chi connectivity index (χ3n) is 5.31. The molecule has 0 amide bonds. The maximum absolute atomic E-state index is 5.74. The lowest BCUT2D eigenvalue weighted by Crippen LogP contribution is -2.31. The first-order valence-electron chi connectivity index (χ1n) is 9.91. The van der Waals surface area contributed by atoms with Crippen LogP contribution in [0.15, 0.2) is 67.0 Å². The zero-order valence-corrected chi connectivity index (χ0v) is 17.2. The van der Waals surface area contributed by atoms with E-state index in [0.717, 1.165) is 30.2 Å². The van der Waals surface area contributed by atoms with Gasteiger partial charge in [0.15, 0.2) is 5.11 Å². The van der Waals surface area contributed by atoms with Crippen molar-refractivity contribution in [3.05, 3.63) is 83.9 Å². The molecule has 1 saturated heterocycles. The SMILES string of the molecule is CCCCN1C(=S)NC(c2ccccn2)C1c1cccn1-c1cccc(C)c1. The Labute approximate surface area is 172 Å². The Morgan fingerprint density at radius 1 is 1.11 bits per heavy atom. The number of aryl methyl sites for hydroxylation is 1. The van der Waals surface area contributed by atoms with Crippen molar-refractivity contribution in [2.24, 2.45) is 0 Å².